The van der Waals surface area contributed by atoms with Gasteiger partial charge in [-0.1, -0.05) is 50.8 Å². The molecule has 3 N–H and O–H groups in total. The zero-order valence-corrected chi connectivity index (χ0v) is 22.5. The number of hydrogen-bond acceptors (Lipinski definition) is 6. The number of nitrogens with zero attached hydrogens (tertiary/aromatic N) is 3. The van der Waals surface area contributed by atoms with Crippen molar-refractivity contribution in [1.82, 2.24) is 14.9 Å². The van der Waals surface area contributed by atoms with Gasteiger partial charge in [-0.25, -0.2) is 13.8 Å². The molecule has 0 spiro atoms. The highest BCUT2D eigenvalue weighted by Gasteiger charge is 2.36. The summed E-state index contributed by atoms with van der Waals surface area (Å²) in [5.41, 5.74) is -0.472. The fourth-order valence-corrected chi connectivity index (χ4v) is 4.34. The van der Waals surface area contributed by atoms with Crippen LogP contribution in [0.25, 0.3) is 5.57 Å². The number of aromatic nitrogens is 2. The van der Waals surface area contributed by atoms with E-state index >= 15 is 0 Å². The molecule has 1 atom stereocenters. The number of aliphatic hydroxyl groups is 1. The van der Waals surface area contributed by atoms with Crippen LogP contribution in [0.3, 0.4) is 0 Å². The fraction of sp³-hybridized carbons (Fsp3) is 0.379. The lowest BCUT2D eigenvalue weighted by Gasteiger charge is -2.22. The highest BCUT2D eigenvalue weighted by atomic mass is 19.4. The van der Waals surface area contributed by atoms with Crippen LogP contribution in [-0.4, -0.2) is 46.2 Å². The molecule has 3 rings (SSSR count). The number of rotatable bonds is 14. The lowest BCUT2D eigenvalue weighted by Crippen LogP contribution is -2.25. The van der Waals surface area contributed by atoms with E-state index in [-0.39, 0.29) is 30.2 Å². The summed E-state index contributed by atoms with van der Waals surface area (Å²) in [5, 5.41) is 14.8. The van der Waals surface area contributed by atoms with E-state index in [2.05, 4.69) is 39.0 Å². The molecule has 6 nitrogen and oxygen atoms in total. The average molecular weight is 564 g/mol. The van der Waals surface area contributed by atoms with E-state index in [4.69, 9.17) is 0 Å². The maximum absolute atomic E-state index is 15.0. The molecule has 0 fully saturated rings. The van der Waals surface area contributed by atoms with E-state index < -0.39 is 35.2 Å². The Labute approximate surface area is 231 Å². The van der Waals surface area contributed by atoms with E-state index in [1.54, 1.807) is 30.3 Å². The molecular formula is C29H34F5N5O. The summed E-state index contributed by atoms with van der Waals surface area (Å²) in [7, 11) is 0. The number of halogens is 5. The molecule has 0 aliphatic rings. The van der Waals surface area contributed by atoms with Crippen LogP contribution < -0.4 is 10.6 Å². The van der Waals surface area contributed by atoms with Crippen LogP contribution in [0, 0.1) is 11.6 Å². The monoisotopic (exact) mass is 563 g/mol. The highest BCUT2D eigenvalue weighted by molar-refractivity contribution is 5.68. The van der Waals surface area contributed by atoms with Crippen LogP contribution in [0.5, 0.6) is 0 Å². The minimum absolute atomic E-state index is 0.0756. The minimum Gasteiger partial charge on any atom is -0.396 e. The number of anilines is 3. The van der Waals surface area contributed by atoms with Crippen LogP contribution in [0.4, 0.5) is 39.4 Å². The van der Waals surface area contributed by atoms with Gasteiger partial charge in [0.25, 0.3) is 0 Å². The van der Waals surface area contributed by atoms with Crippen molar-refractivity contribution < 1.29 is 27.1 Å². The molecule has 1 unspecified atom stereocenters. The molecular weight excluding hydrogens is 529 g/mol. The van der Waals surface area contributed by atoms with Crippen LogP contribution in [0.15, 0.2) is 55.2 Å². The molecule has 0 aliphatic carbocycles. The summed E-state index contributed by atoms with van der Waals surface area (Å²) < 4.78 is 71.2. The summed E-state index contributed by atoms with van der Waals surface area (Å²) in [5.74, 6) is -2.55. The molecule has 1 heterocycles. The largest absolute Gasteiger partial charge is 0.421 e. The number of aliphatic hydroxyl groups excluding tert-OH is 1. The summed E-state index contributed by atoms with van der Waals surface area (Å²) in [6.07, 6.45) is -2.73. The average Bonchev–Trinajstić information content (AvgIpc) is 2.90. The summed E-state index contributed by atoms with van der Waals surface area (Å²) in [6.45, 7) is 9.93. The topological polar surface area (TPSA) is 73.3 Å². The number of benzene rings is 2. The van der Waals surface area contributed by atoms with Gasteiger partial charge in [-0.2, -0.15) is 18.2 Å². The van der Waals surface area contributed by atoms with Gasteiger partial charge >= 0.3 is 6.18 Å². The zero-order chi connectivity index (χ0) is 29.3. The molecule has 0 aliphatic heterocycles. The second-order valence-corrected chi connectivity index (χ2v) is 9.30. The summed E-state index contributed by atoms with van der Waals surface area (Å²) in [6, 6.07) is 10.0. The van der Waals surface area contributed by atoms with Crippen molar-refractivity contribution in [2.75, 3.05) is 36.9 Å². The number of nitrogens with one attached hydrogen (secondary N) is 2. The molecule has 11 heteroatoms. The van der Waals surface area contributed by atoms with Crippen LogP contribution >= 0.6 is 0 Å². The highest BCUT2D eigenvalue weighted by Crippen LogP contribution is 2.36. The SMILES string of the molecule is C=C(CCN(CC)CCC)c1c(F)cc(Nc2ncc(C(F)(F)F)c(NC(CCO)c3ccccc3)n2)cc1F. The van der Waals surface area contributed by atoms with Crippen molar-refractivity contribution in [3.05, 3.63) is 83.6 Å². The van der Waals surface area contributed by atoms with Crippen molar-refractivity contribution in [1.29, 1.82) is 0 Å². The Bertz CT molecular complexity index is 1250. The first-order valence-corrected chi connectivity index (χ1v) is 13.1. The molecule has 0 saturated carbocycles. The maximum atomic E-state index is 15.0. The molecule has 0 radical (unpaired) electrons. The minimum atomic E-state index is -4.77. The number of hydrogen-bond donors (Lipinski definition) is 3. The smallest absolute Gasteiger partial charge is 0.396 e. The lowest BCUT2D eigenvalue weighted by atomic mass is 10.0. The Morgan fingerprint density at radius 1 is 1.07 bits per heavy atom. The molecule has 1 aromatic heterocycles. The van der Waals surface area contributed by atoms with Gasteiger partial charge in [0.05, 0.1) is 6.04 Å². The van der Waals surface area contributed by atoms with Crippen molar-refractivity contribution in [2.45, 2.75) is 45.3 Å². The van der Waals surface area contributed by atoms with Crippen molar-refractivity contribution in [3.63, 3.8) is 0 Å². The summed E-state index contributed by atoms with van der Waals surface area (Å²) in [4.78, 5) is 9.85. The molecule has 0 bridgehead atoms. The Morgan fingerprint density at radius 2 is 1.75 bits per heavy atom. The van der Waals surface area contributed by atoms with Gasteiger partial charge in [0.1, 0.15) is 23.0 Å². The second kappa shape index (κ2) is 14.2. The quantitative estimate of drug-likeness (QED) is 0.180. The van der Waals surface area contributed by atoms with Crippen LogP contribution in [0.2, 0.25) is 0 Å². The maximum Gasteiger partial charge on any atom is 0.421 e. The zero-order valence-electron chi connectivity index (χ0n) is 22.5. The standard InChI is InChI=1S/C29H34F5N5O/c1-4-13-39(5-2)14-11-19(3)26-23(30)16-21(17-24(26)31)36-28-35-18-22(29(32,33)34)27(38-28)37-25(12-15-40)20-9-7-6-8-10-20/h6-10,16-18,25,40H,3-5,11-15H2,1-2H3,(H2,35,36,37,38). The molecule has 2 aromatic carbocycles. The predicted octanol–water partition coefficient (Wildman–Crippen LogP) is 7.19. The van der Waals surface area contributed by atoms with E-state index in [1.165, 1.54) is 0 Å². The van der Waals surface area contributed by atoms with Crippen molar-refractivity contribution >= 4 is 23.0 Å². The third-order valence-corrected chi connectivity index (χ3v) is 6.39. The Hall–Kier alpha value is -3.57. The second-order valence-electron chi connectivity index (χ2n) is 9.30. The van der Waals surface area contributed by atoms with Gasteiger partial charge in [0.15, 0.2) is 0 Å². The molecule has 0 amide bonds. The van der Waals surface area contributed by atoms with E-state index in [9.17, 15) is 27.1 Å². The van der Waals surface area contributed by atoms with Gasteiger partial charge < -0.3 is 20.6 Å². The van der Waals surface area contributed by atoms with Crippen molar-refractivity contribution in [3.8, 4) is 0 Å². The molecule has 216 valence electrons. The first kappa shape index (κ1) is 31.0. The first-order chi connectivity index (χ1) is 19.1. The predicted molar refractivity (Wildman–Crippen MR) is 147 cm³/mol. The first-order valence-electron chi connectivity index (χ1n) is 13.1. The third-order valence-electron chi connectivity index (χ3n) is 6.39. The van der Waals surface area contributed by atoms with Crippen LogP contribution in [-0.2, 0) is 6.18 Å². The Kier molecular flexibility index (Phi) is 11.0. The van der Waals surface area contributed by atoms with Crippen LogP contribution in [0.1, 0.15) is 55.8 Å². The van der Waals surface area contributed by atoms with Gasteiger partial charge in [-0.15, -0.1) is 0 Å². The molecule has 40 heavy (non-hydrogen) atoms. The summed E-state index contributed by atoms with van der Waals surface area (Å²) >= 11 is 0. The van der Waals surface area contributed by atoms with Gasteiger partial charge in [-0.05, 0) is 55.6 Å². The van der Waals surface area contributed by atoms with Crippen molar-refractivity contribution in [2.24, 2.45) is 0 Å². The molecule has 3 aromatic rings. The van der Waals surface area contributed by atoms with E-state index in [0.29, 0.717) is 30.3 Å². The van der Waals surface area contributed by atoms with Gasteiger partial charge in [0, 0.05) is 30.6 Å². The Morgan fingerprint density at radius 3 is 2.33 bits per heavy atom. The van der Waals surface area contributed by atoms with E-state index in [1.807, 2.05) is 6.92 Å². The number of alkyl halides is 3. The van der Waals surface area contributed by atoms with Gasteiger partial charge in [-0.3, -0.25) is 0 Å². The Balaban J connectivity index is 1.86. The third kappa shape index (κ3) is 8.22. The normalized spacial score (nSPS) is 12.4. The fourth-order valence-electron chi connectivity index (χ4n) is 4.34. The van der Waals surface area contributed by atoms with E-state index in [0.717, 1.165) is 31.6 Å². The lowest BCUT2D eigenvalue weighted by molar-refractivity contribution is -0.137. The molecule has 0 saturated heterocycles. The van der Waals surface area contributed by atoms with Gasteiger partial charge in [0.2, 0.25) is 5.95 Å².